The van der Waals surface area contributed by atoms with Gasteiger partial charge in [0.2, 0.25) is 5.88 Å². The van der Waals surface area contributed by atoms with Crippen LogP contribution in [-0.2, 0) is 24.3 Å². The minimum Gasteiger partial charge on any atom is -0.508 e. The van der Waals surface area contributed by atoms with Gasteiger partial charge in [-0.05, 0) is 79.6 Å². The number of phenols is 1. The molecule has 5 N–H and O–H groups in total. The molecule has 0 spiro atoms. The van der Waals surface area contributed by atoms with Gasteiger partial charge in [0, 0.05) is 25.3 Å². The molecule has 0 bridgehead atoms. The fourth-order valence-electron chi connectivity index (χ4n) is 5.20. The Morgan fingerprint density at radius 2 is 1.57 bits per heavy atom. The van der Waals surface area contributed by atoms with Crippen molar-refractivity contribution >= 4 is 0 Å². The number of aliphatic hydroxyl groups excluding tert-OH is 2. The van der Waals surface area contributed by atoms with Crippen molar-refractivity contribution in [3.05, 3.63) is 112 Å². The van der Waals surface area contributed by atoms with Crippen LogP contribution in [0.5, 0.6) is 11.6 Å². The van der Waals surface area contributed by atoms with Crippen molar-refractivity contribution in [1.29, 1.82) is 0 Å². The Bertz CT molecular complexity index is 1480. The van der Waals surface area contributed by atoms with E-state index in [4.69, 9.17) is 4.74 Å². The third-order valence-electron chi connectivity index (χ3n) is 7.69. The first kappa shape index (κ1) is 33.0. The largest absolute Gasteiger partial charge is 0.508 e. The van der Waals surface area contributed by atoms with E-state index in [1.807, 2.05) is 54.6 Å². The molecule has 44 heavy (non-hydrogen) atoms. The monoisotopic (exact) mass is 603 g/mol. The first-order chi connectivity index (χ1) is 21.5. The highest BCUT2D eigenvalue weighted by Crippen LogP contribution is 2.22. The number of unbranched alkanes of at least 4 members (excludes halogenated alkanes) is 4. The average Bonchev–Trinajstić information content (AvgIpc) is 3.31. The summed E-state index contributed by atoms with van der Waals surface area (Å²) in [4.78, 5) is 13.0. The number of benzene rings is 3. The molecule has 9 nitrogen and oxygen atoms in total. The molecule has 0 saturated carbocycles. The summed E-state index contributed by atoms with van der Waals surface area (Å²) in [6.45, 7) is 2.85. The van der Waals surface area contributed by atoms with Gasteiger partial charge in [-0.2, -0.15) is 0 Å². The molecule has 0 aliphatic heterocycles. The molecule has 1 aromatic heterocycles. The van der Waals surface area contributed by atoms with E-state index < -0.39 is 6.10 Å². The Morgan fingerprint density at radius 3 is 2.36 bits per heavy atom. The van der Waals surface area contributed by atoms with Gasteiger partial charge in [-0.15, -0.1) is 0 Å². The predicted molar refractivity (Wildman–Crippen MR) is 171 cm³/mol. The van der Waals surface area contributed by atoms with E-state index in [0.29, 0.717) is 29.9 Å². The molecule has 0 amide bonds. The first-order valence-electron chi connectivity index (χ1n) is 15.5. The van der Waals surface area contributed by atoms with Crippen molar-refractivity contribution in [2.24, 2.45) is 0 Å². The maximum Gasteiger partial charge on any atom is 0.336 e. The summed E-state index contributed by atoms with van der Waals surface area (Å²) in [5.41, 5.74) is 3.59. The van der Waals surface area contributed by atoms with Crippen LogP contribution in [0.1, 0.15) is 66.9 Å². The van der Waals surface area contributed by atoms with Crippen molar-refractivity contribution < 1.29 is 25.2 Å². The van der Waals surface area contributed by atoms with Crippen LogP contribution < -0.4 is 11.0 Å². The summed E-state index contributed by atoms with van der Waals surface area (Å²) in [6, 6.07) is 22.3. The zero-order chi connectivity index (χ0) is 31.1. The maximum absolute atomic E-state index is 13.0. The molecular weight excluding hydrogens is 558 g/mol. The first-order valence-corrected chi connectivity index (χ1v) is 15.5. The van der Waals surface area contributed by atoms with Gasteiger partial charge in [0.15, 0.2) is 0 Å². The molecule has 0 fully saturated rings. The highest BCUT2D eigenvalue weighted by Gasteiger charge is 2.13. The van der Waals surface area contributed by atoms with Crippen LogP contribution in [0.25, 0.3) is 5.69 Å². The second-order valence-corrected chi connectivity index (χ2v) is 11.1. The lowest BCUT2D eigenvalue weighted by Gasteiger charge is -2.14. The Kier molecular flexibility index (Phi) is 13.1. The van der Waals surface area contributed by atoms with Crippen molar-refractivity contribution in [2.45, 2.75) is 64.2 Å². The number of aromatic hydroxyl groups is 2. The molecule has 4 rings (SSSR count). The molecule has 0 aliphatic rings. The standard InChI is InChI=1S/C35H45N3O6/c39-26-30-22-29(16-17-32(30)40)33(41)23-36-18-7-1-2-8-19-44-20-9-6-11-27-14-10-15-31(21-27)38-34(42)25-37(35(38)43)24-28-12-4-3-5-13-28/h3-5,10,12-17,21-22,25,33,36,39-42H,1-2,6-9,11,18-20,23-24,26H2/t33-/m0/s1. The molecule has 9 heteroatoms. The van der Waals surface area contributed by atoms with Gasteiger partial charge >= 0.3 is 5.69 Å². The lowest BCUT2D eigenvalue weighted by molar-refractivity contribution is 0.126. The summed E-state index contributed by atoms with van der Waals surface area (Å²) in [5.74, 6) is -0.0404. The topological polar surface area (TPSA) is 129 Å². The number of nitrogens with zero attached hydrogens (tertiary/aromatic N) is 2. The number of hydrogen-bond acceptors (Lipinski definition) is 7. The zero-order valence-corrected chi connectivity index (χ0v) is 25.3. The van der Waals surface area contributed by atoms with E-state index in [-0.39, 0.29) is 23.9 Å². The van der Waals surface area contributed by atoms with Crippen molar-refractivity contribution in [2.75, 3.05) is 26.3 Å². The van der Waals surface area contributed by atoms with Gasteiger partial charge in [0.05, 0.1) is 31.1 Å². The van der Waals surface area contributed by atoms with Crippen molar-refractivity contribution in [3.63, 3.8) is 0 Å². The minimum absolute atomic E-state index is 0.0335. The number of imidazole rings is 1. The minimum atomic E-state index is -0.686. The molecule has 236 valence electrons. The van der Waals surface area contributed by atoms with E-state index in [1.54, 1.807) is 12.1 Å². The highest BCUT2D eigenvalue weighted by molar-refractivity contribution is 5.39. The third-order valence-corrected chi connectivity index (χ3v) is 7.69. The Hall–Kier alpha value is -3.89. The molecule has 0 aliphatic carbocycles. The van der Waals surface area contributed by atoms with Crippen LogP contribution in [0.2, 0.25) is 0 Å². The third kappa shape index (κ3) is 9.82. The number of aromatic nitrogens is 2. The second kappa shape index (κ2) is 17.4. The van der Waals surface area contributed by atoms with E-state index >= 15 is 0 Å². The van der Waals surface area contributed by atoms with E-state index in [0.717, 1.165) is 75.8 Å². The van der Waals surface area contributed by atoms with Gasteiger partial charge < -0.3 is 30.5 Å². The summed E-state index contributed by atoms with van der Waals surface area (Å²) in [7, 11) is 0. The lowest BCUT2D eigenvalue weighted by Crippen LogP contribution is -2.23. The van der Waals surface area contributed by atoms with Crippen molar-refractivity contribution in [1.82, 2.24) is 14.5 Å². The molecular formula is C35H45N3O6. The normalized spacial score (nSPS) is 12.0. The average molecular weight is 604 g/mol. The molecule has 1 atom stereocenters. The Morgan fingerprint density at radius 1 is 0.818 bits per heavy atom. The van der Waals surface area contributed by atoms with Gasteiger partial charge in [0.25, 0.3) is 0 Å². The van der Waals surface area contributed by atoms with E-state index in [2.05, 4.69) is 5.32 Å². The van der Waals surface area contributed by atoms with Crippen LogP contribution in [-0.4, -0.2) is 55.9 Å². The SMILES string of the molecule is O=c1n(Cc2ccccc2)cc(O)n1-c1cccc(CCCCOCCCCCCNC[C@H](O)c2ccc(O)c(CO)c2)c1. The summed E-state index contributed by atoms with van der Waals surface area (Å²) < 4.78 is 8.69. The number of aryl methyl sites for hydroxylation is 1. The van der Waals surface area contributed by atoms with Crippen LogP contribution >= 0.6 is 0 Å². The molecule has 0 unspecified atom stereocenters. The number of hydrogen-bond donors (Lipinski definition) is 5. The summed E-state index contributed by atoms with van der Waals surface area (Å²) >= 11 is 0. The highest BCUT2D eigenvalue weighted by atomic mass is 16.5. The summed E-state index contributed by atoms with van der Waals surface area (Å²) in [6.07, 6.45) is 7.81. The van der Waals surface area contributed by atoms with E-state index in [9.17, 15) is 25.2 Å². The quantitative estimate of drug-likeness (QED) is 0.0973. The lowest BCUT2D eigenvalue weighted by atomic mass is 10.1. The van der Waals surface area contributed by atoms with Gasteiger partial charge in [-0.25, -0.2) is 9.36 Å². The number of ether oxygens (including phenoxy) is 1. The van der Waals surface area contributed by atoms with Gasteiger partial charge in [0.1, 0.15) is 5.75 Å². The van der Waals surface area contributed by atoms with Gasteiger partial charge in [-0.3, -0.25) is 4.57 Å². The van der Waals surface area contributed by atoms with Crippen LogP contribution in [0.3, 0.4) is 0 Å². The fraction of sp³-hybridized carbons (Fsp3) is 0.400. The van der Waals surface area contributed by atoms with Crippen LogP contribution in [0.15, 0.2) is 83.8 Å². The number of aliphatic hydroxyl groups is 2. The Balaban J connectivity index is 1.05. The van der Waals surface area contributed by atoms with Crippen LogP contribution in [0, 0.1) is 0 Å². The summed E-state index contributed by atoms with van der Waals surface area (Å²) in [5, 5.41) is 43.0. The predicted octanol–water partition coefficient (Wildman–Crippen LogP) is 4.81. The number of rotatable bonds is 19. The fourth-order valence-corrected chi connectivity index (χ4v) is 5.20. The zero-order valence-electron chi connectivity index (χ0n) is 25.3. The molecule has 1 heterocycles. The van der Waals surface area contributed by atoms with Crippen molar-refractivity contribution in [3.8, 4) is 17.3 Å². The van der Waals surface area contributed by atoms with Gasteiger partial charge in [-0.1, -0.05) is 61.4 Å². The number of nitrogens with one attached hydrogen (secondary N) is 1. The second-order valence-electron chi connectivity index (χ2n) is 11.1. The molecule has 0 saturated heterocycles. The van der Waals surface area contributed by atoms with Crippen LogP contribution in [0.4, 0.5) is 0 Å². The molecule has 0 radical (unpaired) electrons. The molecule has 3 aromatic carbocycles. The van der Waals surface area contributed by atoms with E-state index in [1.165, 1.54) is 21.4 Å². The Labute approximate surface area is 259 Å². The molecule has 4 aromatic rings. The smallest absolute Gasteiger partial charge is 0.336 e. The maximum atomic E-state index is 13.0.